The summed E-state index contributed by atoms with van der Waals surface area (Å²) in [6.45, 7) is 3.78. The highest BCUT2D eigenvalue weighted by Crippen LogP contribution is 2.51. The van der Waals surface area contributed by atoms with Crippen molar-refractivity contribution in [2.45, 2.75) is 24.9 Å². The fourth-order valence-corrected chi connectivity index (χ4v) is 4.69. The van der Waals surface area contributed by atoms with E-state index in [1.54, 1.807) is 36.4 Å². The molecule has 3 aromatic rings. The van der Waals surface area contributed by atoms with Crippen LogP contribution in [0.15, 0.2) is 77.8 Å². The van der Waals surface area contributed by atoms with Gasteiger partial charge in [0.15, 0.2) is 5.17 Å². The maximum absolute atomic E-state index is 14.6. The molecule has 0 saturated carbocycles. The molecular formula is C25H22F3N3O2S. The molecule has 0 radical (unpaired) electrons. The van der Waals surface area contributed by atoms with E-state index in [0.29, 0.717) is 28.9 Å². The molecule has 4 rings (SSSR count). The lowest BCUT2D eigenvalue weighted by molar-refractivity contribution is -0.167. The molecule has 9 heteroatoms. The Kier molecular flexibility index (Phi) is 6.31. The topological polar surface area (TPSA) is 53.9 Å². The van der Waals surface area contributed by atoms with Gasteiger partial charge in [0.05, 0.1) is 18.5 Å². The highest BCUT2D eigenvalue weighted by atomic mass is 32.2. The summed E-state index contributed by atoms with van der Waals surface area (Å²) >= 11 is 0.441. The second-order valence-corrected chi connectivity index (χ2v) is 9.02. The molecule has 34 heavy (non-hydrogen) atoms. The van der Waals surface area contributed by atoms with Crippen LogP contribution in [0.2, 0.25) is 0 Å². The fourth-order valence-electron chi connectivity index (χ4n) is 3.47. The van der Waals surface area contributed by atoms with Gasteiger partial charge in [-0.3, -0.25) is 0 Å². The average molecular weight is 486 g/mol. The molecule has 5 nitrogen and oxygen atoms in total. The van der Waals surface area contributed by atoms with E-state index < -0.39 is 17.1 Å². The molecule has 176 valence electrons. The van der Waals surface area contributed by atoms with E-state index in [1.807, 2.05) is 26.0 Å². The number of ether oxygens (including phenoxy) is 1. The number of anilines is 1. The number of nitrogens with one attached hydrogen (secondary N) is 1. The van der Waals surface area contributed by atoms with Crippen LogP contribution in [0.1, 0.15) is 16.7 Å². The third kappa shape index (κ3) is 4.48. The van der Waals surface area contributed by atoms with Gasteiger partial charge >= 0.3 is 12.2 Å². The van der Waals surface area contributed by atoms with Gasteiger partial charge in [0, 0.05) is 0 Å². The molecule has 1 atom stereocenters. The first-order valence-electron chi connectivity index (χ1n) is 10.4. The number of carbonyl (C=O) groups excluding carboxylic acids is 1. The number of hydrogen-bond acceptors (Lipinski definition) is 4. The Hall–Kier alpha value is -3.46. The quantitative estimate of drug-likeness (QED) is 0.449. The number of benzene rings is 3. The monoisotopic (exact) mass is 485 g/mol. The van der Waals surface area contributed by atoms with Crippen molar-refractivity contribution in [2.24, 2.45) is 4.99 Å². The predicted octanol–water partition coefficient (Wildman–Crippen LogP) is 6.68. The lowest BCUT2D eigenvalue weighted by atomic mass is 10.1. The summed E-state index contributed by atoms with van der Waals surface area (Å²) in [5.74, 6) is 0.406. The minimum Gasteiger partial charge on any atom is -0.497 e. The Labute approximate surface area is 199 Å². The molecule has 1 fully saturated rings. The summed E-state index contributed by atoms with van der Waals surface area (Å²) in [7, 11) is 1.43. The summed E-state index contributed by atoms with van der Waals surface area (Å²) in [4.78, 5) is 16.2. The van der Waals surface area contributed by atoms with Crippen LogP contribution in [0, 0.1) is 13.8 Å². The van der Waals surface area contributed by atoms with E-state index in [4.69, 9.17) is 4.74 Å². The minimum absolute atomic E-state index is 0.0930. The van der Waals surface area contributed by atoms with E-state index in [9.17, 15) is 18.0 Å². The zero-order valence-electron chi connectivity index (χ0n) is 18.7. The van der Waals surface area contributed by atoms with Crippen LogP contribution >= 0.6 is 11.8 Å². The van der Waals surface area contributed by atoms with E-state index in [-0.39, 0.29) is 10.7 Å². The summed E-state index contributed by atoms with van der Waals surface area (Å²) in [5, 5.41) is 2.12. The first-order chi connectivity index (χ1) is 16.1. The first-order valence-corrected chi connectivity index (χ1v) is 11.2. The molecule has 1 N–H and O–H groups in total. The first kappa shape index (κ1) is 23.7. The molecule has 0 aromatic heterocycles. The molecule has 0 bridgehead atoms. The lowest BCUT2D eigenvalue weighted by Gasteiger charge is -2.43. The van der Waals surface area contributed by atoms with Gasteiger partial charge in [-0.05, 0) is 67.6 Å². The largest absolute Gasteiger partial charge is 0.497 e. The third-order valence-electron chi connectivity index (χ3n) is 5.37. The summed E-state index contributed by atoms with van der Waals surface area (Å²) < 4.78 is 49.0. The molecule has 1 aliphatic heterocycles. The van der Waals surface area contributed by atoms with Crippen molar-refractivity contribution in [1.82, 2.24) is 5.32 Å². The smallest absolute Gasteiger partial charge is 0.425 e. The summed E-state index contributed by atoms with van der Waals surface area (Å²) in [6, 6.07) is 18.5. The van der Waals surface area contributed by atoms with Crippen LogP contribution in [-0.4, -0.2) is 24.5 Å². The number of urea groups is 1. The third-order valence-corrected chi connectivity index (χ3v) is 6.70. The number of nitrogens with zero attached hydrogens (tertiary/aromatic N) is 2. The SMILES string of the molecule is COc1ccc(C2(C(F)(F)F)NC(=O)N(c3ccc(C)cc3)C(=Nc3ccc(C)cc3)S2)cc1. The van der Waals surface area contributed by atoms with Gasteiger partial charge in [-0.25, -0.2) is 14.7 Å². The number of amides is 2. The maximum atomic E-state index is 14.6. The maximum Gasteiger partial charge on any atom is 0.425 e. The van der Waals surface area contributed by atoms with Crippen LogP contribution in [0.4, 0.5) is 29.3 Å². The van der Waals surface area contributed by atoms with Gasteiger partial charge in [-0.1, -0.05) is 47.5 Å². The Bertz CT molecular complexity index is 1210. The van der Waals surface area contributed by atoms with Crippen molar-refractivity contribution in [3.05, 3.63) is 89.5 Å². The summed E-state index contributed by atoms with van der Waals surface area (Å²) in [6.07, 6.45) is -4.82. The van der Waals surface area contributed by atoms with Crippen LogP contribution in [0.3, 0.4) is 0 Å². The second kappa shape index (κ2) is 9.06. The molecule has 0 aliphatic carbocycles. The van der Waals surface area contributed by atoms with Gasteiger partial charge in [0.25, 0.3) is 0 Å². The number of thioether (sulfide) groups is 1. The number of hydrogen-bond donors (Lipinski definition) is 1. The van der Waals surface area contributed by atoms with E-state index in [0.717, 1.165) is 16.0 Å². The second-order valence-electron chi connectivity index (χ2n) is 7.84. The Morgan fingerprint density at radius 3 is 2.00 bits per heavy atom. The van der Waals surface area contributed by atoms with Crippen molar-refractivity contribution in [3.8, 4) is 5.75 Å². The molecule has 1 unspecified atom stereocenters. The molecule has 1 aliphatic rings. The summed E-state index contributed by atoms with van der Waals surface area (Å²) in [5.41, 5.74) is 2.64. The number of aryl methyl sites for hydroxylation is 2. The van der Waals surface area contributed by atoms with Crippen molar-refractivity contribution in [1.29, 1.82) is 0 Å². The van der Waals surface area contributed by atoms with Gasteiger partial charge in [-0.2, -0.15) is 13.2 Å². The number of amidine groups is 1. The normalized spacial score (nSPS) is 19.8. The van der Waals surface area contributed by atoms with Crippen LogP contribution in [-0.2, 0) is 4.87 Å². The molecular weight excluding hydrogens is 463 g/mol. The van der Waals surface area contributed by atoms with E-state index in [1.165, 1.54) is 31.4 Å². The van der Waals surface area contributed by atoms with Gasteiger partial charge < -0.3 is 10.1 Å². The van der Waals surface area contributed by atoms with Crippen molar-refractivity contribution in [2.75, 3.05) is 12.0 Å². The average Bonchev–Trinajstić information content (AvgIpc) is 2.80. The number of methoxy groups -OCH3 is 1. The molecule has 3 aromatic carbocycles. The number of halogens is 3. The van der Waals surface area contributed by atoms with Crippen LogP contribution in [0.5, 0.6) is 5.75 Å². The molecule has 2 amide bonds. The lowest BCUT2D eigenvalue weighted by Crippen LogP contribution is -2.63. The Balaban J connectivity index is 1.87. The number of carbonyl (C=O) groups is 1. The number of aliphatic imine (C=N–C) groups is 1. The van der Waals surface area contributed by atoms with Crippen molar-refractivity contribution in [3.63, 3.8) is 0 Å². The Morgan fingerprint density at radius 1 is 0.912 bits per heavy atom. The zero-order valence-corrected chi connectivity index (χ0v) is 19.5. The number of alkyl halides is 3. The van der Waals surface area contributed by atoms with Gasteiger partial charge in [0.1, 0.15) is 5.75 Å². The predicted molar refractivity (Wildman–Crippen MR) is 129 cm³/mol. The van der Waals surface area contributed by atoms with Crippen LogP contribution in [0.25, 0.3) is 0 Å². The van der Waals surface area contributed by atoms with Gasteiger partial charge in [0.2, 0.25) is 4.87 Å². The van der Waals surface area contributed by atoms with Crippen LogP contribution < -0.4 is 15.0 Å². The Morgan fingerprint density at radius 2 is 1.47 bits per heavy atom. The highest BCUT2D eigenvalue weighted by Gasteiger charge is 2.62. The van der Waals surface area contributed by atoms with E-state index in [2.05, 4.69) is 10.3 Å². The molecule has 0 spiro atoms. The van der Waals surface area contributed by atoms with E-state index >= 15 is 0 Å². The standard InChI is InChI=1S/C25H22F3N3O2S/c1-16-4-10-19(11-5-16)29-23-31(20-12-6-17(2)7-13-20)22(32)30-24(34-23,25(26,27)28)18-8-14-21(33-3)15-9-18/h4-15H,1-3H3,(H,30,32). The van der Waals surface area contributed by atoms with Crippen molar-refractivity contribution >= 4 is 34.3 Å². The fraction of sp³-hybridized carbons (Fsp3) is 0.200. The highest BCUT2D eigenvalue weighted by molar-refractivity contribution is 8.15. The molecule has 1 saturated heterocycles. The van der Waals surface area contributed by atoms with Crippen molar-refractivity contribution < 1.29 is 22.7 Å². The minimum atomic E-state index is -4.82. The molecule has 1 heterocycles. The van der Waals surface area contributed by atoms with Gasteiger partial charge in [-0.15, -0.1) is 0 Å². The zero-order chi connectivity index (χ0) is 24.5. The number of rotatable bonds is 4.